The molecule has 2 N–H and O–H groups in total. The zero-order chi connectivity index (χ0) is 21.3. The van der Waals surface area contributed by atoms with E-state index in [1.54, 1.807) is 0 Å². The number of anilines is 1. The van der Waals surface area contributed by atoms with Gasteiger partial charge in [-0.2, -0.15) is 0 Å². The van der Waals surface area contributed by atoms with Crippen LogP contribution in [0.15, 0.2) is 42.5 Å². The molecule has 1 saturated carbocycles. The zero-order valence-electron chi connectivity index (χ0n) is 18.1. The van der Waals surface area contributed by atoms with Crippen LogP contribution in [0.1, 0.15) is 58.1 Å². The lowest BCUT2D eigenvalue weighted by atomic mass is 10.1. The van der Waals surface area contributed by atoms with E-state index in [2.05, 4.69) is 17.6 Å². The van der Waals surface area contributed by atoms with Crippen LogP contribution in [0, 0.1) is 0 Å². The highest BCUT2D eigenvalue weighted by molar-refractivity contribution is 7.80. The Morgan fingerprint density at radius 2 is 1.67 bits per heavy atom. The largest absolute Gasteiger partial charge is 0.490 e. The molecular weight excluding hydrogens is 396 g/mol. The Balaban J connectivity index is 1.55. The van der Waals surface area contributed by atoms with Gasteiger partial charge in [0, 0.05) is 5.69 Å². The van der Waals surface area contributed by atoms with Crippen molar-refractivity contribution < 1.29 is 14.2 Å². The molecule has 0 spiro atoms. The van der Waals surface area contributed by atoms with Gasteiger partial charge in [0.1, 0.15) is 5.75 Å². The van der Waals surface area contributed by atoms with Crippen LogP contribution in [0.3, 0.4) is 0 Å². The third kappa shape index (κ3) is 6.26. The Hall–Kier alpha value is -2.47. The Morgan fingerprint density at radius 1 is 1.00 bits per heavy atom. The summed E-state index contributed by atoms with van der Waals surface area (Å²) in [5.74, 6) is 2.43. The molecule has 0 unspecified atom stereocenters. The van der Waals surface area contributed by atoms with Gasteiger partial charge >= 0.3 is 0 Å². The zero-order valence-corrected chi connectivity index (χ0v) is 18.9. The molecule has 2 aromatic rings. The van der Waals surface area contributed by atoms with Gasteiger partial charge in [-0.15, -0.1) is 0 Å². The molecule has 162 valence electrons. The number of nitrogens with one attached hydrogen (secondary N) is 2. The van der Waals surface area contributed by atoms with Crippen LogP contribution >= 0.6 is 12.2 Å². The molecule has 5 nitrogen and oxygen atoms in total. The lowest BCUT2D eigenvalue weighted by molar-refractivity contribution is 0.210. The van der Waals surface area contributed by atoms with E-state index in [0.717, 1.165) is 41.3 Å². The highest BCUT2D eigenvalue weighted by atomic mass is 32.1. The summed E-state index contributed by atoms with van der Waals surface area (Å²) >= 11 is 5.50. The molecule has 0 aliphatic heterocycles. The van der Waals surface area contributed by atoms with Crippen molar-refractivity contribution in [3.8, 4) is 17.2 Å². The van der Waals surface area contributed by atoms with Gasteiger partial charge < -0.3 is 24.8 Å². The maximum atomic E-state index is 6.02. The van der Waals surface area contributed by atoms with Crippen LogP contribution in [-0.4, -0.2) is 24.4 Å². The maximum absolute atomic E-state index is 6.02. The summed E-state index contributed by atoms with van der Waals surface area (Å²) in [7, 11) is 0. The lowest BCUT2D eigenvalue weighted by Gasteiger charge is -2.19. The van der Waals surface area contributed by atoms with Gasteiger partial charge in [-0.05, 0) is 101 Å². The molecule has 6 heteroatoms. The smallest absolute Gasteiger partial charge is 0.171 e. The number of thiocarbonyl (C=S) groups is 1. The highest BCUT2D eigenvalue weighted by Gasteiger charge is 2.16. The monoisotopic (exact) mass is 428 g/mol. The van der Waals surface area contributed by atoms with Gasteiger partial charge in [0.25, 0.3) is 0 Å². The van der Waals surface area contributed by atoms with Gasteiger partial charge in [-0.25, -0.2) is 0 Å². The summed E-state index contributed by atoms with van der Waals surface area (Å²) in [5, 5.41) is 7.14. The van der Waals surface area contributed by atoms with E-state index in [4.69, 9.17) is 26.4 Å². The van der Waals surface area contributed by atoms with Crippen molar-refractivity contribution in [3.05, 3.63) is 48.0 Å². The first kappa shape index (κ1) is 22.2. The van der Waals surface area contributed by atoms with Crippen LogP contribution in [0.5, 0.6) is 17.2 Å². The summed E-state index contributed by atoms with van der Waals surface area (Å²) < 4.78 is 17.4. The number of benzene rings is 2. The van der Waals surface area contributed by atoms with E-state index in [1.807, 2.05) is 56.3 Å². The van der Waals surface area contributed by atoms with Crippen LogP contribution in [-0.2, 0) is 0 Å². The molecule has 1 atom stereocenters. The van der Waals surface area contributed by atoms with Crippen LogP contribution in [0.25, 0.3) is 0 Å². The summed E-state index contributed by atoms with van der Waals surface area (Å²) in [6.07, 6.45) is 5.21. The quantitative estimate of drug-likeness (QED) is 0.489. The Labute approximate surface area is 185 Å². The highest BCUT2D eigenvalue weighted by Crippen LogP contribution is 2.31. The van der Waals surface area contributed by atoms with Crippen molar-refractivity contribution in [3.63, 3.8) is 0 Å². The summed E-state index contributed by atoms with van der Waals surface area (Å²) in [6, 6.07) is 14.0. The van der Waals surface area contributed by atoms with Gasteiger partial charge in [-0.1, -0.05) is 6.07 Å². The molecule has 2 aromatic carbocycles. The number of hydrogen-bond donors (Lipinski definition) is 2. The minimum atomic E-state index is 0.0184. The molecule has 3 rings (SSSR count). The first-order valence-electron chi connectivity index (χ1n) is 10.8. The number of ether oxygens (including phenoxy) is 3. The Kier molecular flexibility index (Phi) is 8.20. The minimum Gasteiger partial charge on any atom is -0.490 e. The van der Waals surface area contributed by atoms with Gasteiger partial charge in [0.2, 0.25) is 0 Å². The summed E-state index contributed by atoms with van der Waals surface area (Å²) in [6.45, 7) is 7.19. The molecule has 0 heterocycles. The van der Waals surface area contributed by atoms with Crippen molar-refractivity contribution in [2.24, 2.45) is 0 Å². The van der Waals surface area contributed by atoms with Gasteiger partial charge in [0.05, 0.1) is 25.4 Å². The molecule has 30 heavy (non-hydrogen) atoms. The topological polar surface area (TPSA) is 51.8 Å². The van der Waals surface area contributed by atoms with E-state index in [-0.39, 0.29) is 6.04 Å². The summed E-state index contributed by atoms with van der Waals surface area (Å²) in [4.78, 5) is 0. The molecular formula is C24H32N2O3S. The lowest BCUT2D eigenvalue weighted by Crippen LogP contribution is -2.30. The minimum absolute atomic E-state index is 0.0184. The van der Waals surface area contributed by atoms with E-state index in [1.165, 1.54) is 12.8 Å². The average Bonchev–Trinajstić information content (AvgIpc) is 3.24. The molecule has 1 fully saturated rings. The van der Waals surface area contributed by atoms with Crippen molar-refractivity contribution in [1.82, 2.24) is 5.32 Å². The molecule has 0 radical (unpaired) electrons. The van der Waals surface area contributed by atoms with Gasteiger partial charge in [-0.3, -0.25) is 0 Å². The van der Waals surface area contributed by atoms with Crippen LogP contribution < -0.4 is 24.8 Å². The first-order valence-corrected chi connectivity index (χ1v) is 11.2. The van der Waals surface area contributed by atoms with E-state index in [0.29, 0.717) is 24.4 Å². The normalized spacial score (nSPS) is 14.8. The fourth-order valence-electron chi connectivity index (χ4n) is 3.60. The fourth-order valence-corrected chi connectivity index (χ4v) is 3.89. The SMILES string of the molecule is CCOc1ccc([C@@H](C)NC(=S)Nc2ccc(OC3CCCC3)cc2)cc1OCC. The van der Waals surface area contributed by atoms with Crippen LogP contribution in [0.2, 0.25) is 0 Å². The fraction of sp³-hybridized carbons (Fsp3) is 0.458. The second-order valence-corrected chi connectivity index (χ2v) is 7.85. The molecule has 1 aliphatic rings. The van der Waals surface area contributed by atoms with E-state index in [9.17, 15) is 0 Å². The molecule has 0 amide bonds. The van der Waals surface area contributed by atoms with Crippen LogP contribution in [0.4, 0.5) is 5.69 Å². The van der Waals surface area contributed by atoms with Crippen molar-refractivity contribution in [2.45, 2.75) is 58.6 Å². The van der Waals surface area contributed by atoms with Crippen molar-refractivity contribution in [1.29, 1.82) is 0 Å². The second kappa shape index (κ2) is 11.1. The second-order valence-electron chi connectivity index (χ2n) is 7.44. The molecule has 0 aromatic heterocycles. The van der Waals surface area contributed by atoms with Crippen molar-refractivity contribution >= 4 is 23.0 Å². The van der Waals surface area contributed by atoms with E-state index >= 15 is 0 Å². The summed E-state index contributed by atoms with van der Waals surface area (Å²) in [5.41, 5.74) is 2.01. The predicted octanol–water partition coefficient (Wildman–Crippen LogP) is 5.85. The average molecular weight is 429 g/mol. The molecule has 0 saturated heterocycles. The molecule has 0 bridgehead atoms. The third-order valence-electron chi connectivity index (χ3n) is 5.13. The van der Waals surface area contributed by atoms with Crippen molar-refractivity contribution in [2.75, 3.05) is 18.5 Å². The van der Waals surface area contributed by atoms with E-state index < -0.39 is 0 Å². The Bertz CT molecular complexity index is 820. The maximum Gasteiger partial charge on any atom is 0.171 e. The van der Waals surface area contributed by atoms with Gasteiger partial charge in [0.15, 0.2) is 16.6 Å². The number of rotatable bonds is 9. The predicted molar refractivity (Wildman–Crippen MR) is 126 cm³/mol. The third-order valence-corrected chi connectivity index (χ3v) is 5.35. The molecule has 1 aliphatic carbocycles. The standard InChI is InChI=1S/C24H32N2O3S/c1-4-27-22-15-10-18(16-23(22)28-5-2)17(3)25-24(30)26-19-11-13-21(14-12-19)29-20-8-6-7-9-20/h10-17,20H,4-9H2,1-3H3,(H2,25,26,30)/t17-/m1/s1. The first-order chi connectivity index (χ1) is 14.6. The number of hydrogen-bond acceptors (Lipinski definition) is 4. The Morgan fingerprint density at radius 3 is 2.33 bits per heavy atom.